The zero-order valence-electron chi connectivity index (χ0n) is 18.2. The van der Waals surface area contributed by atoms with Gasteiger partial charge in [0.25, 0.3) is 0 Å². The Balaban J connectivity index is 3.11. The summed E-state index contributed by atoms with van der Waals surface area (Å²) in [7, 11) is 0. The second kappa shape index (κ2) is 21.8. The van der Waals surface area contributed by atoms with E-state index >= 15 is 0 Å². The van der Waals surface area contributed by atoms with E-state index < -0.39 is 0 Å². The summed E-state index contributed by atoms with van der Waals surface area (Å²) >= 11 is 0. The fraction of sp³-hybridized carbons (Fsp3) is 0.920. The number of unbranched alkanes of at least 4 members (excludes halogenated alkanes) is 14. The summed E-state index contributed by atoms with van der Waals surface area (Å²) in [6, 6.07) is 0. The smallest absolute Gasteiger partial charge is 0.0351 e. The first kappa shape index (κ1) is 24.7. The van der Waals surface area contributed by atoms with Crippen LogP contribution < -0.4 is 0 Å². The first-order valence-corrected chi connectivity index (χ1v) is 12.0. The number of rotatable bonds is 20. The molecule has 0 aromatic rings. The molecule has 0 spiro atoms. The Morgan fingerprint density at radius 3 is 1.36 bits per heavy atom. The highest BCUT2D eigenvalue weighted by molar-refractivity contribution is 4.81. The number of allylic oxidation sites excluding steroid dienone is 2. The summed E-state index contributed by atoms with van der Waals surface area (Å²) in [5, 5.41) is 0. The van der Waals surface area contributed by atoms with E-state index in [1.165, 1.54) is 122 Å². The highest BCUT2D eigenvalue weighted by Crippen LogP contribution is 2.18. The molecule has 0 N–H and O–H groups in total. The van der Waals surface area contributed by atoms with Crippen molar-refractivity contribution in [1.29, 1.82) is 0 Å². The van der Waals surface area contributed by atoms with Gasteiger partial charge >= 0.3 is 0 Å². The summed E-state index contributed by atoms with van der Waals surface area (Å²) in [4.78, 5) is 0. The van der Waals surface area contributed by atoms with Crippen LogP contribution in [0.3, 0.4) is 0 Å². The van der Waals surface area contributed by atoms with Crippen LogP contribution in [-0.2, 0) is 0 Å². The van der Waals surface area contributed by atoms with Gasteiger partial charge in [0.05, 0.1) is 0 Å². The van der Waals surface area contributed by atoms with E-state index in [1.54, 1.807) is 0 Å². The van der Waals surface area contributed by atoms with E-state index in [4.69, 9.17) is 0 Å². The molecule has 0 aromatic carbocycles. The van der Waals surface area contributed by atoms with Crippen LogP contribution in [0.2, 0.25) is 0 Å². The van der Waals surface area contributed by atoms with Crippen LogP contribution in [-0.4, -0.2) is 0 Å². The quantitative estimate of drug-likeness (QED) is 0.151. The van der Waals surface area contributed by atoms with Crippen molar-refractivity contribution in [2.24, 2.45) is 5.92 Å². The Morgan fingerprint density at radius 1 is 0.480 bits per heavy atom. The maximum absolute atomic E-state index is 2.45. The molecule has 0 fully saturated rings. The monoisotopic (exact) mass is 350 g/mol. The lowest BCUT2D eigenvalue weighted by atomic mass is 9.96. The molecule has 150 valence electrons. The second-order valence-electron chi connectivity index (χ2n) is 8.33. The SMILES string of the molecule is CCCCCC=CCCCCCCCCCCCC(C)CCCCC. The molecule has 0 heteroatoms. The van der Waals surface area contributed by atoms with Gasteiger partial charge in [-0.1, -0.05) is 129 Å². The van der Waals surface area contributed by atoms with Gasteiger partial charge < -0.3 is 0 Å². The van der Waals surface area contributed by atoms with Crippen LogP contribution in [0.1, 0.15) is 143 Å². The third kappa shape index (κ3) is 21.7. The molecule has 0 bridgehead atoms. The fourth-order valence-electron chi connectivity index (χ4n) is 3.63. The van der Waals surface area contributed by atoms with Gasteiger partial charge in [0.15, 0.2) is 0 Å². The van der Waals surface area contributed by atoms with E-state index in [0.717, 1.165) is 5.92 Å². The van der Waals surface area contributed by atoms with Crippen molar-refractivity contribution < 1.29 is 0 Å². The molecule has 0 radical (unpaired) electrons. The zero-order valence-corrected chi connectivity index (χ0v) is 18.2. The van der Waals surface area contributed by atoms with Crippen molar-refractivity contribution in [3.8, 4) is 0 Å². The van der Waals surface area contributed by atoms with Gasteiger partial charge in [-0.3, -0.25) is 0 Å². The molecule has 1 unspecified atom stereocenters. The molecule has 0 nitrogen and oxygen atoms in total. The molecule has 0 saturated heterocycles. The molecule has 0 aliphatic heterocycles. The Hall–Kier alpha value is -0.260. The minimum absolute atomic E-state index is 0.965. The predicted molar refractivity (Wildman–Crippen MR) is 117 cm³/mol. The minimum atomic E-state index is 0.965. The molecule has 0 saturated carbocycles. The summed E-state index contributed by atoms with van der Waals surface area (Å²) in [5.41, 5.74) is 0. The summed E-state index contributed by atoms with van der Waals surface area (Å²) in [6.45, 7) is 7.03. The van der Waals surface area contributed by atoms with Crippen LogP contribution in [0.5, 0.6) is 0 Å². The molecule has 0 aliphatic rings. The number of hydrogen-bond acceptors (Lipinski definition) is 0. The van der Waals surface area contributed by atoms with Crippen LogP contribution in [0.25, 0.3) is 0 Å². The van der Waals surface area contributed by atoms with Crippen molar-refractivity contribution in [2.75, 3.05) is 0 Å². The number of hydrogen-bond donors (Lipinski definition) is 0. The van der Waals surface area contributed by atoms with Crippen molar-refractivity contribution >= 4 is 0 Å². The minimum Gasteiger partial charge on any atom is -0.0885 e. The summed E-state index contributed by atoms with van der Waals surface area (Å²) in [5.74, 6) is 0.965. The summed E-state index contributed by atoms with van der Waals surface area (Å²) < 4.78 is 0. The van der Waals surface area contributed by atoms with Crippen LogP contribution in [0.15, 0.2) is 12.2 Å². The van der Waals surface area contributed by atoms with Gasteiger partial charge in [-0.25, -0.2) is 0 Å². The zero-order chi connectivity index (χ0) is 18.4. The fourth-order valence-corrected chi connectivity index (χ4v) is 3.63. The Morgan fingerprint density at radius 2 is 0.840 bits per heavy atom. The van der Waals surface area contributed by atoms with Crippen molar-refractivity contribution in [1.82, 2.24) is 0 Å². The molecule has 0 amide bonds. The van der Waals surface area contributed by atoms with Crippen molar-refractivity contribution in [3.05, 3.63) is 12.2 Å². The average Bonchev–Trinajstić information content (AvgIpc) is 2.61. The van der Waals surface area contributed by atoms with Crippen molar-refractivity contribution in [3.63, 3.8) is 0 Å². The molecule has 0 rings (SSSR count). The van der Waals surface area contributed by atoms with Gasteiger partial charge in [-0.15, -0.1) is 0 Å². The Kier molecular flexibility index (Phi) is 21.6. The third-order valence-electron chi connectivity index (χ3n) is 5.51. The van der Waals surface area contributed by atoms with E-state index in [9.17, 15) is 0 Å². The second-order valence-corrected chi connectivity index (χ2v) is 8.33. The predicted octanol–water partition coefficient (Wildman–Crippen LogP) is 9.63. The lowest BCUT2D eigenvalue weighted by molar-refractivity contribution is 0.435. The molecule has 0 aromatic heterocycles. The standard InChI is InChI=1S/C25H50/c1-4-6-8-9-10-11-12-13-14-15-16-17-18-19-20-22-24-25(3)23-21-7-5-2/h10-11,25H,4-9,12-24H2,1-3H3. The van der Waals surface area contributed by atoms with Gasteiger partial charge in [0.2, 0.25) is 0 Å². The normalized spacial score (nSPS) is 12.9. The van der Waals surface area contributed by atoms with Crippen LogP contribution in [0, 0.1) is 5.92 Å². The highest BCUT2D eigenvalue weighted by Gasteiger charge is 2.01. The highest BCUT2D eigenvalue weighted by atomic mass is 14.1. The van der Waals surface area contributed by atoms with E-state index in [2.05, 4.69) is 32.9 Å². The van der Waals surface area contributed by atoms with E-state index in [-0.39, 0.29) is 0 Å². The van der Waals surface area contributed by atoms with Crippen LogP contribution in [0.4, 0.5) is 0 Å². The average molecular weight is 351 g/mol. The third-order valence-corrected chi connectivity index (χ3v) is 5.51. The Labute approximate surface area is 161 Å². The molecule has 0 aliphatic carbocycles. The molecule has 1 atom stereocenters. The van der Waals surface area contributed by atoms with Crippen molar-refractivity contribution in [2.45, 2.75) is 143 Å². The first-order valence-electron chi connectivity index (χ1n) is 12.0. The topological polar surface area (TPSA) is 0 Å². The Bertz CT molecular complexity index is 253. The van der Waals surface area contributed by atoms with Gasteiger partial charge in [-0.2, -0.15) is 0 Å². The lowest BCUT2D eigenvalue weighted by Crippen LogP contribution is -1.94. The van der Waals surface area contributed by atoms with Gasteiger partial charge in [-0.05, 0) is 31.6 Å². The largest absolute Gasteiger partial charge is 0.0885 e. The first-order chi connectivity index (χ1) is 12.3. The van der Waals surface area contributed by atoms with Gasteiger partial charge in [0, 0.05) is 0 Å². The van der Waals surface area contributed by atoms with E-state index in [1.807, 2.05) is 0 Å². The summed E-state index contributed by atoms with van der Waals surface area (Å²) in [6.07, 6.45) is 31.8. The van der Waals surface area contributed by atoms with Crippen LogP contribution >= 0.6 is 0 Å². The maximum atomic E-state index is 2.45. The molecular weight excluding hydrogens is 300 g/mol. The molecular formula is C25H50. The molecule has 0 heterocycles. The molecule has 25 heavy (non-hydrogen) atoms. The van der Waals surface area contributed by atoms with Gasteiger partial charge in [0.1, 0.15) is 0 Å². The maximum Gasteiger partial charge on any atom is -0.0351 e. The lowest BCUT2D eigenvalue weighted by Gasteiger charge is -2.10. The van der Waals surface area contributed by atoms with E-state index in [0.29, 0.717) is 0 Å².